The number of fused-ring (bicyclic) bond motifs is 1. The highest BCUT2D eigenvalue weighted by atomic mass is 16.6. The van der Waals surface area contributed by atoms with Gasteiger partial charge in [0.05, 0.1) is 12.0 Å². The Morgan fingerprint density at radius 3 is 2.50 bits per heavy atom. The molecule has 0 unspecified atom stereocenters. The fraction of sp³-hybridized carbons (Fsp3) is 0.353. The van der Waals surface area contributed by atoms with Gasteiger partial charge in [-0.3, -0.25) is 9.59 Å². The molecule has 0 aliphatic carbocycles. The smallest absolute Gasteiger partial charge is 0.409 e. The van der Waals surface area contributed by atoms with E-state index in [1.807, 2.05) is 0 Å². The highest BCUT2D eigenvalue weighted by molar-refractivity contribution is 5.93. The molecule has 7 heteroatoms. The normalized spacial score (nSPS) is 14.7. The number of para-hydroxylation sites is 1. The number of hydrogen-bond donors (Lipinski definition) is 0. The van der Waals surface area contributed by atoms with E-state index in [1.54, 1.807) is 41.0 Å². The zero-order chi connectivity index (χ0) is 17.1. The highest BCUT2D eigenvalue weighted by Crippen LogP contribution is 2.14. The molecule has 0 radical (unpaired) electrons. The van der Waals surface area contributed by atoms with E-state index in [-0.39, 0.29) is 23.2 Å². The summed E-state index contributed by atoms with van der Waals surface area (Å²) in [6, 6.07) is 8.04. The van der Waals surface area contributed by atoms with Crippen LogP contribution in [0.2, 0.25) is 0 Å². The summed E-state index contributed by atoms with van der Waals surface area (Å²) in [6.07, 6.45) is -0.373. The predicted octanol–water partition coefficient (Wildman–Crippen LogP) is 1.71. The lowest BCUT2D eigenvalue weighted by Gasteiger charge is -2.33. The van der Waals surface area contributed by atoms with Crippen molar-refractivity contribution < 1.29 is 18.7 Å². The third kappa shape index (κ3) is 3.10. The minimum absolute atomic E-state index is 0.0169. The summed E-state index contributed by atoms with van der Waals surface area (Å²) in [7, 11) is 0. The van der Waals surface area contributed by atoms with Crippen LogP contribution in [0.5, 0.6) is 0 Å². The summed E-state index contributed by atoms with van der Waals surface area (Å²) in [4.78, 5) is 39.5. The minimum atomic E-state index is -0.373. The van der Waals surface area contributed by atoms with Gasteiger partial charge in [0.1, 0.15) is 5.58 Å². The summed E-state index contributed by atoms with van der Waals surface area (Å²) in [6.45, 7) is 3.59. The monoisotopic (exact) mass is 330 g/mol. The Labute approximate surface area is 138 Å². The second-order valence-electron chi connectivity index (χ2n) is 5.45. The number of ether oxygens (including phenoxy) is 1. The van der Waals surface area contributed by atoms with Crippen molar-refractivity contribution >= 4 is 23.0 Å². The SMILES string of the molecule is CCOC(=O)N1CCN(C(=O)c2cc(=O)c3ccccc3o2)CC1. The van der Waals surface area contributed by atoms with Crippen molar-refractivity contribution in [2.45, 2.75) is 6.92 Å². The largest absolute Gasteiger partial charge is 0.451 e. The van der Waals surface area contributed by atoms with Gasteiger partial charge < -0.3 is 19.0 Å². The van der Waals surface area contributed by atoms with Gasteiger partial charge in [0.2, 0.25) is 0 Å². The maximum Gasteiger partial charge on any atom is 0.409 e. The van der Waals surface area contributed by atoms with E-state index >= 15 is 0 Å². The molecule has 24 heavy (non-hydrogen) atoms. The number of hydrogen-bond acceptors (Lipinski definition) is 5. The molecule has 0 saturated carbocycles. The summed E-state index contributed by atoms with van der Waals surface area (Å²) >= 11 is 0. The maximum atomic E-state index is 12.6. The number of carbonyl (C=O) groups excluding carboxylic acids is 2. The van der Waals surface area contributed by atoms with Crippen LogP contribution in [0.1, 0.15) is 17.5 Å². The van der Waals surface area contributed by atoms with Gasteiger partial charge in [0, 0.05) is 32.2 Å². The molecule has 0 atom stereocenters. The van der Waals surface area contributed by atoms with Crippen LogP contribution >= 0.6 is 0 Å². The zero-order valence-electron chi connectivity index (χ0n) is 13.4. The third-order valence-corrected chi connectivity index (χ3v) is 3.94. The van der Waals surface area contributed by atoms with E-state index in [1.165, 1.54) is 6.07 Å². The average molecular weight is 330 g/mol. The van der Waals surface area contributed by atoms with Crippen molar-refractivity contribution in [2.75, 3.05) is 32.8 Å². The Hall–Kier alpha value is -2.83. The van der Waals surface area contributed by atoms with E-state index < -0.39 is 0 Å². The molecular formula is C17H18N2O5. The molecule has 1 aromatic carbocycles. The van der Waals surface area contributed by atoms with Crippen molar-refractivity contribution in [1.29, 1.82) is 0 Å². The first-order valence-electron chi connectivity index (χ1n) is 7.84. The molecule has 2 heterocycles. The summed E-state index contributed by atoms with van der Waals surface area (Å²) in [5.41, 5.74) is 0.142. The Morgan fingerprint density at radius 2 is 1.79 bits per heavy atom. The van der Waals surface area contributed by atoms with Crippen molar-refractivity contribution in [1.82, 2.24) is 9.80 Å². The van der Waals surface area contributed by atoms with Gasteiger partial charge in [0.15, 0.2) is 11.2 Å². The molecule has 1 fully saturated rings. The van der Waals surface area contributed by atoms with Crippen LogP contribution in [0.15, 0.2) is 39.5 Å². The van der Waals surface area contributed by atoms with Gasteiger partial charge >= 0.3 is 6.09 Å². The third-order valence-electron chi connectivity index (χ3n) is 3.94. The number of rotatable bonds is 2. The molecule has 1 aliphatic heterocycles. The lowest BCUT2D eigenvalue weighted by atomic mass is 10.2. The van der Waals surface area contributed by atoms with Crippen molar-refractivity contribution in [3.8, 4) is 0 Å². The second kappa shape index (κ2) is 6.74. The summed E-state index contributed by atoms with van der Waals surface area (Å²) < 4.78 is 10.5. The number of benzene rings is 1. The molecule has 126 valence electrons. The molecule has 2 aromatic rings. The number of carbonyl (C=O) groups is 2. The number of nitrogens with zero attached hydrogens (tertiary/aromatic N) is 2. The lowest BCUT2D eigenvalue weighted by molar-refractivity contribution is 0.0546. The quantitative estimate of drug-likeness (QED) is 0.837. The van der Waals surface area contributed by atoms with E-state index in [9.17, 15) is 14.4 Å². The van der Waals surface area contributed by atoms with Gasteiger partial charge in [-0.25, -0.2) is 4.79 Å². The van der Waals surface area contributed by atoms with Gasteiger partial charge in [-0.1, -0.05) is 12.1 Å². The van der Waals surface area contributed by atoms with Crippen LogP contribution < -0.4 is 5.43 Å². The molecule has 1 aliphatic rings. The Morgan fingerprint density at radius 1 is 1.12 bits per heavy atom. The number of piperazine rings is 1. The first kappa shape index (κ1) is 16.0. The first-order chi connectivity index (χ1) is 11.6. The van der Waals surface area contributed by atoms with Gasteiger partial charge in [-0.05, 0) is 19.1 Å². The van der Waals surface area contributed by atoms with Gasteiger partial charge in [0.25, 0.3) is 5.91 Å². The van der Waals surface area contributed by atoms with E-state index in [2.05, 4.69) is 0 Å². The Bertz CT molecular complexity index is 821. The van der Waals surface area contributed by atoms with Gasteiger partial charge in [-0.2, -0.15) is 0 Å². The van der Waals surface area contributed by atoms with Crippen LogP contribution in [0.4, 0.5) is 4.79 Å². The van der Waals surface area contributed by atoms with Gasteiger partial charge in [-0.15, -0.1) is 0 Å². The maximum absolute atomic E-state index is 12.6. The second-order valence-corrected chi connectivity index (χ2v) is 5.45. The van der Waals surface area contributed by atoms with Crippen LogP contribution in [0.25, 0.3) is 11.0 Å². The standard InChI is InChI=1S/C17H18N2O5/c1-2-23-17(22)19-9-7-18(8-10-19)16(21)15-11-13(20)12-5-3-4-6-14(12)24-15/h3-6,11H,2,7-10H2,1H3. The molecule has 0 spiro atoms. The van der Waals surface area contributed by atoms with Crippen molar-refractivity contribution in [2.24, 2.45) is 0 Å². The molecule has 1 aromatic heterocycles. The van der Waals surface area contributed by atoms with Crippen LogP contribution in [0, 0.1) is 0 Å². The van der Waals surface area contributed by atoms with E-state index in [0.29, 0.717) is 43.8 Å². The Balaban J connectivity index is 1.74. The van der Waals surface area contributed by atoms with Crippen molar-refractivity contribution in [3.63, 3.8) is 0 Å². The van der Waals surface area contributed by atoms with Crippen LogP contribution in [0.3, 0.4) is 0 Å². The molecule has 2 amide bonds. The topological polar surface area (TPSA) is 80.1 Å². The zero-order valence-corrected chi connectivity index (χ0v) is 13.4. The predicted molar refractivity (Wildman–Crippen MR) is 87.0 cm³/mol. The molecule has 0 N–H and O–H groups in total. The van der Waals surface area contributed by atoms with E-state index in [0.717, 1.165) is 0 Å². The lowest BCUT2D eigenvalue weighted by Crippen LogP contribution is -2.50. The molecular weight excluding hydrogens is 312 g/mol. The fourth-order valence-electron chi connectivity index (χ4n) is 2.67. The summed E-state index contributed by atoms with van der Waals surface area (Å²) in [5.74, 6) is -0.329. The minimum Gasteiger partial charge on any atom is -0.451 e. The van der Waals surface area contributed by atoms with Crippen LogP contribution in [-0.4, -0.2) is 54.6 Å². The molecule has 7 nitrogen and oxygen atoms in total. The van der Waals surface area contributed by atoms with Crippen molar-refractivity contribution in [3.05, 3.63) is 46.3 Å². The summed E-state index contributed by atoms with van der Waals surface area (Å²) in [5, 5.41) is 0.446. The molecule has 1 saturated heterocycles. The first-order valence-corrected chi connectivity index (χ1v) is 7.84. The number of amides is 2. The fourth-order valence-corrected chi connectivity index (χ4v) is 2.67. The molecule has 3 rings (SSSR count). The molecule has 0 bridgehead atoms. The highest BCUT2D eigenvalue weighted by Gasteiger charge is 2.27. The Kier molecular flexibility index (Phi) is 4.50. The van der Waals surface area contributed by atoms with E-state index in [4.69, 9.17) is 9.15 Å². The average Bonchev–Trinajstić information content (AvgIpc) is 2.61. The van der Waals surface area contributed by atoms with Crippen LogP contribution in [-0.2, 0) is 4.74 Å².